The molecule has 0 aliphatic carbocycles. The minimum Gasteiger partial charge on any atom is -0.390 e. The molecule has 8 N–H and O–H groups in total. The normalized spacial score (nSPS) is 31.7. The van der Waals surface area contributed by atoms with Crippen molar-refractivity contribution in [2.45, 2.75) is 314 Å². The van der Waals surface area contributed by atoms with E-state index in [1.54, 1.807) is 14.2 Å². The molecule has 0 aromatic heterocycles. The van der Waals surface area contributed by atoms with Gasteiger partial charge in [0, 0.05) is 73.1 Å². The summed E-state index contributed by atoms with van der Waals surface area (Å²) in [6, 6.07) is 0. The Bertz CT molecular complexity index is 1480. The van der Waals surface area contributed by atoms with E-state index in [1.807, 2.05) is 41.5 Å². The molecule has 0 spiro atoms. The third-order valence-electron chi connectivity index (χ3n) is 17.7. The molecule has 15 nitrogen and oxygen atoms in total. The van der Waals surface area contributed by atoms with Gasteiger partial charge in [-0.25, -0.2) is 10.4 Å². The van der Waals surface area contributed by atoms with E-state index in [-0.39, 0.29) is 80.8 Å². The van der Waals surface area contributed by atoms with Gasteiger partial charge in [0.1, 0.15) is 34.4 Å². The number of rotatable bonds is 10. The second kappa shape index (κ2) is 25.9. The first-order chi connectivity index (χ1) is 32.8. The average Bonchev–Trinajstić information content (AvgIpc) is 3.17. The molecule has 0 amide bonds. The van der Waals surface area contributed by atoms with E-state index in [0.29, 0.717) is 23.3 Å². The highest BCUT2D eigenvalue weighted by molar-refractivity contribution is 5.05. The molecule has 5 fully saturated rings. The molecule has 2 atom stereocenters. The fourth-order valence-electron chi connectivity index (χ4n) is 14.7. The third-order valence-corrected chi connectivity index (χ3v) is 17.7. The zero-order chi connectivity index (χ0) is 58.5. The lowest BCUT2D eigenvalue weighted by atomic mass is 9.72. The standard InChI is InChI=1S/C14H29NO3.C13H27NO4.2C11H23NO.C10H21NO/c1-13(2)7-12(8-14(3,4)15(13)5)18-10-11(16)9-17-6;1-12(2)6-11(7-13(3,4)14(12)16)18-9-10(15)8-17-5;2*1-9(2)7-11(5,13)8-10(3,4)12(9)6;1-8-6-9(2,3)11(12)10(4,5)7-8/h11-12,16H,7-10H2,1-6H3;10-11,15-16H,6-9H2,1-5H3;2*13H,7-8H2,1-6H3;8,12H,6-7H2,1-5H3/p+2. The number of aliphatic hydroxyl groups excluding tert-OH is 2. The van der Waals surface area contributed by atoms with Crippen molar-refractivity contribution in [3.63, 3.8) is 0 Å². The predicted molar refractivity (Wildman–Crippen MR) is 301 cm³/mol. The number of nitrogens with one attached hydrogen (secondary N) is 2. The quantitative estimate of drug-likeness (QED) is 0.113. The molecule has 0 aromatic rings. The summed E-state index contributed by atoms with van der Waals surface area (Å²) in [5.41, 5.74) is -0.872. The number of likely N-dealkylation sites (tertiary alicyclic amines) is 3. The van der Waals surface area contributed by atoms with Crippen molar-refractivity contribution >= 4 is 0 Å². The number of piperidine rings is 5. The van der Waals surface area contributed by atoms with Crippen molar-refractivity contribution < 1.29 is 59.9 Å². The van der Waals surface area contributed by atoms with Gasteiger partial charge in [-0.05, 0) is 218 Å². The zero-order valence-corrected chi connectivity index (χ0v) is 53.4. The maximum absolute atomic E-state index is 10.2. The van der Waals surface area contributed by atoms with E-state index in [1.165, 1.54) is 0 Å². The SMILES string of the molecule is CC1CC(C)(C)[NH+](O)C(C)(C)C1.CN1C(C)(C)CC(C)(O)CC1(C)C.CN1C(C)(C)CC(C)(O)CC1(C)C.COCC(O)COC1CC(C)(C)N(C)C(C)(C)C1.COCC(O)COC1CC(C)(C)[NH+](O)C(C)(C)C1. The molecule has 444 valence electrons. The van der Waals surface area contributed by atoms with E-state index >= 15 is 0 Å². The number of nitrogens with zero attached hydrogens (tertiary/aromatic N) is 3. The Morgan fingerprint density at radius 1 is 0.405 bits per heavy atom. The van der Waals surface area contributed by atoms with Crippen LogP contribution in [0.2, 0.25) is 0 Å². The molecule has 0 saturated carbocycles. The highest BCUT2D eigenvalue weighted by atomic mass is 16.5. The van der Waals surface area contributed by atoms with Crippen molar-refractivity contribution in [2.24, 2.45) is 5.92 Å². The number of ether oxygens (including phenoxy) is 4. The summed E-state index contributed by atoms with van der Waals surface area (Å²) in [6.45, 7) is 50.7. The van der Waals surface area contributed by atoms with Gasteiger partial charge in [-0.1, -0.05) is 6.92 Å². The maximum Gasteiger partial charge on any atom is 0.124 e. The molecule has 0 aromatic carbocycles. The van der Waals surface area contributed by atoms with E-state index in [4.69, 9.17) is 18.9 Å². The Morgan fingerprint density at radius 3 is 0.892 bits per heavy atom. The summed E-state index contributed by atoms with van der Waals surface area (Å²) in [5.74, 6) is 0.728. The van der Waals surface area contributed by atoms with Gasteiger partial charge < -0.3 is 39.4 Å². The lowest BCUT2D eigenvalue weighted by Gasteiger charge is -2.55. The number of aliphatic hydroxyl groups is 4. The van der Waals surface area contributed by atoms with Crippen molar-refractivity contribution in [3.05, 3.63) is 0 Å². The van der Waals surface area contributed by atoms with Gasteiger partial charge in [0.05, 0.1) is 49.8 Å². The summed E-state index contributed by atoms with van der Waals surface area (Å²) in [5, 5.41) is 61.0. The van der Waals surface area contributed by atoms with E-state index in [0.717, 1.165) is 70.1 Å². The summed E-state index contributed by atoms with van der Waals surface area (Å²) >= 11 is 0. The molecule has 5 aliphatic rings. The van der Waals surface area contributed by atoms with Crippen LogP contribution in [0.4, 0.5) is 0 Å². The van der Waals surface area contributed by atoms with Crippen LogP contribution in [-0.2, 0) is 18.9 Å². The van der Waals surface area contributed by atoms with Gasteiger partial charge in [0.25, 0.3) is 0 Å². The second-order valence-corrected chi connectivity index (χ2v) is 30.9. The van der Waals surface area contributed by atoms with Gasteiger partial charge in [-0.2, -0.15) is 10.1 Å². The van der Waals surface area contributed by atoms with Gasteiger partial charge in [-0.15, -0.1) is 0 Å². The number of quaternary nitrogens is 2. The Morgan fingerprint density at radius 2 is 0.635 bits per heavy atom. The lowest BCUT2D eigenvalue weighted by molar-refractivity contribution is -1.16. The number of methoxy groups -OCH3 is 2. The average molecular weight is 1060 g/mol. The predicted octanol–water partition coefficient (Wildman–Crippen LogP) is 6.95. The Balaban J connectivity index is 0.000000467. The first-order valence-electron chi connectivity index (χ1n) is 28.1. The minimum absolute atomic E-state index is 0.0150. The van der Waals surface area contributed by atoms with Crippen LogP contribution in [0.15, 0.2) is 0 Å². The van der Waals surface area contributed by atoms with Crippen LogP contribution in [-0.4, -0.2) is 198 Å². The largest absolute Gasteiger partial charge is 0.390 e. The maximum atomic E-state index is 10.2. The topological polar surface area (TPSA) is 177 Å². The summed E-state index contributed by atoms with van der Waals surface area (Å²) in [6.07, 6.45) is 8.32. The Labute approximate surface area is 455 Å². The molecule has 0 radical (unpaired) electrons. The van der Waals surface area contributed by atoms with E-state index in [2.05, 4.69) is 154 Å². The van der Waals surface area contributed by atoms with Crippen LogP contribution in [0, 0.1) is 5.92 Å². The van der Waals surface area contributed by atoms with Gasteiger partial charge in [-0.3, -0.25) is 14.7 Å². The summed E-state index contributed by atoms with van der Waals surface area (Å²) < 4.78 is 21.4. The van der Waals surface area contributed by atoms with E-state index in [9.17, 15) is 30.8 Å². The smallest absolute Gasteiger partial charge is 0.124 e. The number of hydrogen-bond donors (Lipinski definition) is 8. The van der Waals surface area contributed by atoms with Crippen molar-refractivity contribution in [1.82, 2.24) is 14.7 Å². The van der Waals surface area contributed by atoms with Crippen molar-refractivity contribution in [3.8, 4) is 0 Å². The first-order valence-corrected chi connectivity index (χ1v) is 28.1. The molecule has 5 heterocycles. The monoisotopic (exact) mass is 1060 g/mol. The Hall–Kier alpha value is -0.600. The third kappa shape index (κ3) is 21.1. The van der Waals surface area contributed by atoms with Crippen LogP contribution >= 0.6 is 0 Å². The second-order valence-electron chi connectivity index (χ2n) is 30.9. The zero-order valence-electron chi connectivity index (χ0n) is 53.4. The van der Waals surface area contributed by atoms with Crippen molar-refractivity contribution in [2.75, 3.05) is 61.8 Å². The van der Waals surface area contributed by atoms with Crippen LogP contribution in [0.1, 0.15) is 223 Å². The fraction of sp³-hybridized carbons (Fsp3) is 1.00. The molecule has 5 saturated heterocycles. The molecule has 5 rings (SSSR count). The summed E-state index contributed by atoms with van der Waals surface area (Å²) in [7, 11) is 9.62. The van der Waals surface area contributed by atoms with Gasteiger partial charge in [0.15, 0.2) is 0 Å². The van der Waals surface area contributed by atoms with Gasteiger partial charge in [0.2, 0.25) is 0 Å². The van der Waals surface area contributed by atoms with Crippen LogP contribution in [0.5, 0.6) is 0 Å². The highest BCUT2D eigenvalue weighted by Crippen LogP contribution is 2.43. The van der Waals surface area contributed by atoms with Crippen LogP contribution in [0.3, 0.4) is 0 Å². The molecule has 0 bridgehead atoms. The molecule has 5 aliphatic heterocycles. The van der Waals surface area contributed by atoms with Crippen LogP contribution < -0.4 is 10.1 Å². The number of hydroxylamine groups is 4. The molecule has 74 heavy (non-hydrogen) atoms. The van der Waals surface area contributed by atoms with Crippen molar-refractivity contribution in [1.29, 1.82) is 0 Å². The van der Waals surface area contributed by atoms with Gasteiger partial charge >= 0.3 is 0 Å². The summed E-state index contributed by atoms with van der Waals surface area (Å²) in [4.78, 5) is 7.17. The number of hydrogen-bond acceptors (Lipinski definition) is 13. The molecule has 15 heteroatoms. The first kappa shape index (κ1) is 71.4. The molecular weight excluding hydrogens is 939 g/mol. The fourth-order valence-corrected chi connectivity index (χ4v) is 14.7. The van der Waals surface area contributed by atoms with Crippen LogP contribution in [0.25, 0.3) is 0 Å². The Kier molecular flexibility index (Phi) is 25.0. The molecular formula is C59H125N5O10+2. The minimum atomic E-state index is -0.583. The lowest BCUT2D eigenvalue weighted by Crippen LogP contribution is -3.25. The highest BCUT2D eigenvalue weighted by Gasteiger charge is 2.52. The van der Waals surface area contributed by atoms with E-state index < -0.39 is 23.4 Å². The molecule has 2 unspecified atom stereocenters.